The average molecular weight is 357 g/mol. The van der Waals surface area contributed by atoms with Gasteiger partial charge in [0.15, 0.2) is 5.96 Å². The fourth-order valence-corrected chi connectivity index (χ4v) is 0.977. The van der Waals surface area contributed by atoms with Gasteiger partial charge in [-0.05, 0) is 6.92 Å². The summed E-state index contributed by atoms with van der Waals surface area (Å²) < 4.78 is 10.2. The molecule has 0 fully saturated rings. The fraction of sp³-hybridized carbons (Fsp3) is 0.727. The van der Waals surface area contributed by atoms with E-state index in [2.05, 4.69) is 22.2 Å². The zero-order valence-corrected chi connectivity index (χ0v) is 13.0. The Labute approximate surface area is 121 Å². The molecule has 6 heteroatoms. The van der Waals surface area contributed by atoms with Gasteiger partial charge >= 0.3 is 0 Å². The maximum Gasteiger partial charge on any atom is 0.191 e. The third kappa shape index (κ3) is 13.6. The van der Waals surface area contributed by atoms with Gasteiger partial charge < -0.3 is 20.1 Å². The molecule has 0 aromatic heterocycles. The predicted octanol–water partition coefficient (Wildman–Crippen LogP) is 1.01. The number of ether oxygens (including phenoxy) is 2. The summed E-state index contributed by atoms with van der Waals surface area (Å²) in [4.78, 5) is 4.33. The number of hydrogen-bond acceptors (Lipinski definition) is 3. The molecule has 0 aliphatic rings. The van der Waals surface area contributed by atoms with Crippen molar-refractivity contribution in [2.75, 3.05) is 46.6 Å². The molecular formula is C11H24IN3O2. The predicted molar refractivity (Wildman–Crippen MR) is 82.3 cm³/mol. The first-order valence-electron chi connectivity index (χ1n) is 5.54. The zero-order valence-electron chi connectivity index (χ0n) is 10.7. The molecule has 0 aliphatic heterocycles. The highest BCUT2D eigenvalue weighted by Gasteiger charge is 1.93. The Hall–Kier alpha value is -0.340. The van der Waals surface area contributed by atoms with Crippen LogP contribution in [-0.4, -0.2) is 52.5 Å². The third-order valence-corrected chi connectivity index (χ3v) is 1.70. The molecule has 0 unspecified atom stereocenters. The summed E-state index contributed by atoms with van der Waals surface area (Å²) in [5.74, 6) is 0.790. The highest BCUT2D eigenvalue weighted by molar-refractivity contribution is 14.0. The van der Waals surface area contributed by atoms with Crippen LogP contribution in [0.25, 0.3) is 0 Å². The fourth-order valence-electron chi connectivity index (χ4n) is 0.977. The van der Waals surface area contributed by atoms with Crippen LogP contribution in [0.5, 0.6) is 0 Å². The smallest absolute Gasteiger partial charge is 0.191 e. The van der Waals surface area contributed by atoms with Crippen LogP contribution in [0.1, 0.15) is 6.92 Å². The minimum atomic E-state index is 0. The van der Waals surface area contributed by atoms with E-state index in [-0.39, 0.29) is 24.0 Å². The maximum absolute atomic E-state index is 5.30. The molecule has 2 N–H and O–H groups in total. The lowest BCUT2D eigenvalue weighted by Crippen LogP contribution is -2.37. The van der Waals surface area contributed by atoms with Gasteiger partial charge in [0.1, 0.15) is 0 Å². The van der Waals surface area contributed by atoms with Crippen molar-refractivity contribution in [3.63, 3.8) is 0 Å². The number of hydrogen-bond donors (Lipinski definition) is 2. The van der Waals surface area contributed by atoms with Gasteiger partial charge in [-0.25, -0.2) is 0 Å². The molecule has 102 valence electrons. The van der Waals surface area contributed by atoms with Gasteiger partial charge in [0, 0.05) is 20.2 Å². The largest absolute Gasteiger partial charge is 0.382 e. The van der Waals surface area contributed by atoms with Gasteiger partial charge in [-0.3, -0.25) is 4.99 Å². The molecule has 0 amide bonds. The average Bonchev–Trinajstić information content (AvgIpc) is 2.30. The van der Waals surface area contributed by atoms with E-state index in [0.29, 0.717) is 32.9 Å². The van der Waals surface area contributed by atoms with Gasteiger partial charge in [-0.15, -0.1) is 30.6 Å². The van der Waals surface area contributed by atoms with Crippen LogP contribution in [0.3, 0.4) is 0 Å². The van der Waals surface area contributed by atoms with Crippen LogP contribution in [0.4, 0.5) is 0 Å². The molecule has 17 heavy (non-hydrogen) atoms. The van der Waals surface area contributed by atoms with Crippen LogP contribution >= 0.6 is 24.0 Å². The molecule has 0 heterocycles. The van der Waals surface area contributed by atoms with Gasteiger partial charge in [-0.2, -0.15) is 0 Å². The van der Waals surface area contributed by atoms with Crippen molar-refractivity contribution in [1.29, 1.82) is 0 Å². The number of guanidine groups is 1. The SMILES string of the molecule is C=CCNC(=NCCOCCOC)NCC.I. The number of nitrogens with zero attached hydrogens (tertiary/aromatic N) is 1. The maximum atomic E-state index is 5.30. The lowest BCUT2D eigenvalue weighted by atomic mass is 10.6. The number of nitrogens with one attached hydrogen (secondary N) is 2. The van der Waals surface area contributed by atoms with E-state index >= 15 is 0 Å². The highest BCUT2D eigenvalue weighted by atomic mass is 127. The van der Waals surface area contributed by atoms with E-state index in [1.54, 1.807) is 13.2 Å². The summed E-state index contributed by atoms with van der Waals surface area (Å²) in [7, 11) is 1.66. The number of halogens is 1. The summed E-state index contributed by atoms with van der Waals surface area (Å²) in [6, 6.07) is 0. The monoisotopic (exact) mass is 357 g/mol. The molecule has 0 saturated heterocycles. The number of rotatable bonds is 9. The standard InChI is InChI=1S/C11H23N3O2.HI/c1-4-6-13-11(12-5-2)14-7-8-16-10-9-15-3;/h4H,1,5-10H2,2-3H3,(H2,12,13,14);1H. The minimum absolute atomic E-state index is 0. The van der Waals surface area contributed by atoms with Crippen molar-refractivity contribution < 1.29 is 9.47 Å². The summed E-state index contributed by atoms with van der Waals surface area (Å²) in [5, 5.41) is 6.24. The van der Waals surface area contributed by atoms with Gasteiger partial charge in [0.25, 0.3) is 0 Å². The Morgan fingerprint density at radius 3 is 2.65 bits per heavy atom. The normalized spacial score (nSPS) is 10.6. The van der Waals surface area contributed by atoms with Crippen LogP contribution in [0.2, 0.25) is 0 Å². The van der Waals surface area contributed by atoms with E-state index in [1.165, 1.54) is 0 Å². The number of aliphatic imine (C=N–C) groups is 1. The molecule has 0 spiro atoms. The molecule has 0 rings (SSSR count). The molecule has 0 bridgehead atoms. The van der Waals surface area contributed by atoms with Crippen LogP contribution in [0, 0.1) is 0 Å². The molecule has 5 nitrogen and oxygen atoms in total. The van der Waals surface area contributed by atoms with E-state index in [4.69, 9.17) is 9.47 Å². The Morgan fingerprint density at radius 2 is 2.06 bits per heavy atom. The summed E-state index contributed by atoms with van der Waals surface area (Å²) in [6.07, 6.45) is 1.79. The summed E-state index contributed by atoms with van der Waals surface area (Å²) in [5.41, 5.74) is 0. The Kier molecular flexibility index (Phi) is 17.5. The highest BCUT2D eigenvalue weighted by Crippen LogP contribution is 1.79. The Balaban J connectivity index is 0. The number of methoxy groups -OCH3 is 1. The lowest BCUT2D eigenvalue weighted by molar-refractivity contribution is 0.0748. The molecule has 0 aromatic carbocycles. The van der Waals surface area contributed by atoms with Crippen molar-refractivity contribution in [1.82, 2.24) is 10.6 Å². The van der Waals surface area contributed by atoms with Gasteiger partial charge in [0.2, 0.25) is 0 Å². The lowest BCUT2D eigenvalue weighted by Gasteiger charge is -2.09. The second-order valence-electron chi connectivity index (χ2n) is 3.04. The van der Waals surface area contributed by atoms with Crippen molar-refractivity contribution in [2.45, 2.75) is 6.92 Å². The van der Waals surface area contributed by atoms with E-state index in [0.717, 1.165) is 12.5 Å². The molecule has 0 aromatic rings. The van der Waals surface area contributed by atoms with Crippen molar-refractivity contribution >= 4 is 29.9 Å². The summed E-state index contributed by atoms with van der Waals surface area (Å²) in [6.45, 7) is 9.69. The zero-order chi connectivity index (χ0) is 12.1. The van der Waals surface area contributed by atoms with Crippen molar-refractivity contribution in [3.8, 4) is 0 Å². The molecule has 0 aliphatic carbocycles. The quantitative estimate of drug-likeness (QED) is 0.213. The second kappa shape index (κ2) is 15.7. The van der Waals surface area contributed by atoms with Gasteiger partial charge in [0.05, 0.1) is 26.4 Å². The summed E-state index contributed by atoms with van der Waals surface area (Å²) >= 11 is 0. The van der Waals surface area contributed by atoms with Crippen LogP contribution in [-0.2, 0) is 9.47 Å². The van der Waals surface area contributed by atoms with Gasteiger partial charge in [-0.1, -0.05) is 6.08 Å². The van der Waals surface area contributed by atoms with Crippen LogP contribution in [0.15, 0.2) is 17.6 Å². The third-order valence-electron chi connectivity index (χ3n) is 1.70. The first-order valence-corrected chi connectivity index (χ1v) is 5.54. The van der Waals surface area contributed by atoms with Crippen molar-refractivity contribution in [3.05, 3.63) is 12.7 Å². The van der Waals surface area contributed by atoms with E-state index in [9.17, 15) is 0 Å². The minimum Gasteiger partial charge on any atom is -0.382 e. The first kappa shape index (κ1) is 19.0. The molecule has 0 saturated carbocycles. The Bertz CT molecular complexity index is 201. The molecule has 0 atom stereocenters. The molecular weight excluding hydrogens is 333 g/mol. The molecule has 0 radical (unpaired) electrons. The topological polar surface area (TPSA) is 54.9 Å². The van der Waals surface area contributed by atoms with Crippen LogP contribution < -0.4 is 10.6 Å². The Morgan fingerprint density at radius 1 is 1.29 bits per heavy atom. The van der Waals surface area contributed by atoms with E-state index in [1.807, 2.05) is 6.92 Å². The van der Waals surface area contributed by atoms with E-state index < -0.39 is 0 Å². The second-order valence-corrected chi connectivity index (χ2v) is 3.04. The first-order chi connectivity index (χ1) is 7.85. The van der Waals surface area contributed by atoms with Crippen molar-refractivity contribution in [2.24, 2.45) is 4.99 Å².